The Morgan fingerprint density at radius 3 is 2.17 bits per heavy atom. The zero-order valence-corrected chi connectivity index (χ0v) is 23.1. The van der Waals surface area contributed by atoms with E-state index in [4.69, 9.17) is 18.7 Å². The molecule has 2 heterocycles. The Morgan fingerprint density at radius 1 is 0.700 bits per heavy atom. The smallest absolute Gasteiger partial charge is 0.311 e. The molecule has 1 atom stereocenters. The van der Waals surface area contributed by atoms with Crippen LogP contribution in [0.5, 0.6) is 23.0 Å². The molecule has 40 heavy (non-hydrogen) atoms. The van der Waals surface area contributed by atoms with Gasteiger partial charge in [-0.05, 0) is 48.0 Å². The number of para-hydroxylation sites is 2. The first-order chi connectivity index (χ1) is 19.6. The van der Waals surface area contributed by atoms with Crippen molar-refractivity contribution in [2.45, 2.75) is 0 Å². The molecule has 0 saturated heterocycles. The van der Waals surface area contributed by atoms with Crippen LogP contribution in [0.2, 0.25) is 0 Å². The molecule has 0 aliphatic carbocycles. The number of nitrogens with zero attached hydrogens (tertiary/aromatic N) is 1. The van der Waals surface area contributed by atoms with E-state index in [9.17, 15) is 0 Å². The van der Waals surface area contributed by atoms with E-state index in [1.54, 1.807) is 21.3 Å². The van der Waals surface area contributed by atoms with Gasteiger partial charge in [0.1, 0.15) is 28.5 Å². The number of rotatable bonds is 5. The fraction of sp³-hybridized carbons (Fsp3) is 0.0909. The van der Waals surface area contributed by atoms with Crippen molar-refractivity contribution in [1.29, 1.82) is 0 Å². The molecule has 0 radical (unpaired) electrons. The van der Waals surface area contributed by atoms with Gasteiger partial charge < -0.3 is 23.3 Å². The average Bonchev–Trinajstić information content (AvgIpc) is 3.35. The average molecular weight is 548 g/mol. The highest BCUT2D eigenvalue weighted by Crippen LogP contribution is 2.57. The molecular formula is C33H26NO5P. The normalized spacial score (nSPS) is 15.8. The van der Waals surface area contributed by atoms with Crippen molar-refractivity contribution in [2.24, 2.45) is 0 Å². The molecule has 7 rings (SSSR count). The molecule has 1 aliphatic rings. The van der Waals surface area contributed by atoms with Crippen molar-refractivity contribution in [2.75, 3.05) is 21.3 Å². The van der Waals surface area contributed by atoms with Crippen LogP contribution in [0.25, 0.3) is 38.6 Å². The van der Waals surface area contributed by atoms with Crippen LogP contribution in [0.3, 0.4) is 0 Å². The lowest BCUT2D eigenvalue weighted by molar-refractivity contribution is 0.411. The van der Waals surface area contributed by atoms with Gasteiger partial charge in [-0.3, -0.25) is 4.57 Å². The van der Waals surface area contributed by atoms with E-state index >= 15 is 4.57 Å². The molecule has 7 heteroatoms. The summed E-state index contributed by atoms with van der Waals surface area (Å²) >= 11 is 0. The Kier molecular flexibility index (Phi) is 5.62. The van der Waals surface area contributed by atoms with Crippen LogP contribution in [-0.2, 0) is 4.57 Å². The predicted octanol–water partition coefficient (Wildman–Crippen LogP) is 7.10. The second-order valence-corrected chi connectivity index (χ2v) is 11.8. The molecule has 0 fully saturated rings. The number of aromatic nitrogens is 1. The van der Waals surface area contributed by atoms with Gasteiger partial charge in [0.05, 0.1) is 42.8 Å². The number of ether oxygens (including phenoxy) is 3. The van der Waals surface area contributed by atoms with Crippen molar-refractivity contribution in [3.8, 4) is 39.8 Å². The molecule has 0 N–H and O–H groups in total. The maximum atomic E-state index is 15.3. The summed E-state index contributed by atoms with van der Waals surface area (Å²) in [6.07, 6.45) is 0. The molecule has 5 aromatic carbocycles. The van der Waals surface area contributed by atoms with E-state index in [1.807, 2.05) is 103 Å². The number of benzene rings is 5. The molecule has 0 amide bonds. The van der Waals surface area contributed by atoms with Crippen molar-refractivity contribution in [1.82, 2.24) is 4.57 Å². The summed E-state index contributed by atoms with van der Waals surface area (Å²) in [4.78, 5) is 0. The molecule has 0 saturated carbocycles. The van der Waals surface area contributed by atoms with Gasteiger partial charge in [-0.2, -0.15) is 0 Å². The van der Waals surface area contributed by atoms with Crippen molar-refractivity contribution in [3.63, 3.8) is 0 Å². The molecule has 198 valence electrons. The first-order valence-electron chi connectivity index (χ1n) is 12.9. The molecule has 0 spiro atoms. The largest absolute Gasteiger partial charge is 0.497 e. The number of hydrogen-bond acceptors (Lipinski definition) is 5. The maximum absolute atomic E-state index is 15.3. The van der Waals surface area contributed by atoms with Crippen LogP contribution >= 0.6 is 7.37 Å². The highest BCUT2D eigenvalue weighted by atomic mass is 31.2. The number of hydrogen-bond donors (Lipinski definition) is 0. The van der Waals surface area contributed by atoms with Crippen LogP contribution in [0, 0.1) is 0 Å². The standard InChI is InChI=1S/C33H26NO5P/c1-36-22-17-18-26-25(19-22)31-32(34(26)21-11-5-4-6-12-21)28(37-2)20-30(33(31)38-3)40(35)29-16-10-8-14-24(29)23-13-7-9-15-27(23)39-40/h4-20H,1-3H3. The molecule has 1 unspecified atom stereocenters. The summed E-state index contributed by atoms with van der Waals surface area (Å²) in [6.45, 7) is 0. The SMILES string of the molecule is COc1ccc2c(c1)c1c(OC)c(P3(=O)Oc4ccccc4-c4ccccc43)cc(OC)c1n2-c1ccccc1. The van der Waals surface area contributed by atoms with Crippen LogP contribution in [0.4, 0.5) is 0 Å². The van der Waals surface area contributed by atoms with E-state index in [-0.39, 0.29) is 0 Å². The summed E-state index contributed by atoms with van der Waals surface area (Å²) < 4.78 is 41.6. The van der Waals surface area contributed by atoms with Gasteiger partial charge in [0.2, 0.25) is 0 Å². The second kappa shape index (κ2) is 9.22. The Labute approximate surface area is 231 Å². The van der Waals surface area contributed by atoms with Gasteiger partial charge in [-0.1, -0.05) is 54.6 Å². The van der Waals surface area contributed by atoms with Crippen molar-refractivity contribution in [3.05, 3.63) is 103 Å². The van der Waals surface area contributed by atoms with E-state index < -0.39 is 7.37 Å². The zero-order chi connectivity index (χ0) is 27.4. The molecule has 6 nitrogen and oxygen atoms in total. The third-order valence-electron chi connectivity index (χ3n) is 7.52. The van der Waals surface area contributed by atoms with E-state index in [0.29, 0.717) is 33.6 Å². The monoisotopic (exact) mass is 547 g/mol. The third kappa shape index (κ3) is 3.39. The summed E-state index contributed by atoms with van der Waals surface area (Å²) in [5.74, 6) is 2.30. The predicted molar refractivity (Wildman–Crippen MR) is 160 cm³/mol. The minimum atomic E-state index is -3.69. The van der Waals surface area contributed by atoms with Gasteiger partial charge in [-0.25, -0.2) is 0 Å². The first-order valence-corrected chi connectivity index (χ1v) is 14.5. The van der Waals surface area contributed by atoms with Gasteiger partial charge in [0.15, 0.2) is 0 Å². The van der Waals surface area contributed by atoms with E-state index in [2.05, 4.69) is 4.57 Å². The summed E-state index contributed by atoms with van der Waals surface area (Å²) in [6, 6.07) is 33.2. The second-order valence-electron chi connectivity index (χ2n) is 9.56. The molecular weight excluding hydrogens is 521 g/mol. The molecule has 0 bridgehead atoms. The van der Waals surface area contributed by atoms with Gasteiger partial charge >= 0.3 is 7.37 Å². The van der Waals surface area contributed by atoms with Crippen molar-refractivity contribution < 1.29 is 23.3 Å². The lowest BCUT2D eigenvalue weighted by atomic mass is 10.0. The summed E-state index contributed by atoms with van der Waals surface area (Å²) in [5.41, 5.74) is 4.48. The molecule has 6 aromatic rings. The Bertz CT molecular complexity index is 1980. The zero-order valence-electron chi connectivity index (χ0n) is 22.3. The van der Waals surface area contributed by atoms with Crippen LogP contribution in [0.15, 0.2) is 103 Å². The fourth-order valence-corrected chi connectivity index (χ4v) is 8.21. The van der Waals surface area contributed by atoms with Gasteiger partial charge in [0, 0.05) is 22.7 Å². The Morgan fingerprint density at radius 2 is 1.43 bits per heavy atom. The summed E-state index contributed by atoms with van der Waals surface area (Å²) in [7, 11) is 1.18. The van der Waals surface area contributed by atoms with Gasteiger partial charge in [0.25, 0.3) is 0 Å². The first kappa shape index (κ1) is 24.4. The topological polar surface area (TPSA) is 58.9 Å². The Balaban J connectivity index is 1.63. The molecule has 1 aliphatic heterocycles. The highest BCUT2D eigenvalue weighted by molar-refractivity contribution is 7.75. The lowest BCUT2D eigenvalue weighted by Gasteiger charge is -2.30. The number of fused-ring (bicyclic) bond motifs is 6. The van der Waals surface area contributed by atoms with Crippen LogP contribution < -0.4 is 29.3 Å². The van der Waals surface area contributed by atoms with Crippen LogP contribution in [-0.4, -0.2) is 25.9 Å². The lowest BCUT2D eigenvalue weighted by Crippen LogP contribution is -2.26. The minimum absolute atomic E-state index is 0.441. The van der Waals surface area contributed by atoms with Crippen molar-refractivity contribution >= 4 is 39.8 Å². The highest BCUT2D eigenvalue weighted by Gasteiger charge is 2.41. The molecule has 1 aromatic heterocycles. The Hall–Kier alpha value is -4.67. The summed E-state index contributed by atoms with van der Waals surface area (Å²) in [5, 5.41) is 2.71. The van der Waals surface area contributed by atoms with Gasteiger partial charge in [-0.15, -0.1) is 0 Å². The van der Waals surface area contributed by atoms with E-state index in [0.717, 1.165) is 38.6 Å². The minimum Gasteiger partial charge on any atom is -0.497 e. The maximum Gasteiger partial charge on any atom is 0.311 e. The fourth-order valence-electron chi connectivity index (χ4n) is 5.77. The third-order valence-corrected chi connectivity index (χ3v) is 9.96. The van der Waals surface area contributed by atoms with Crippen LogP contribution in [0.1, 0.15) is 0 Å². The number of methoxy groups -OCH3 is 3. The quantitative estimate of drug-likeness (QED) is 0.216. The van der Waals surface area contributed by atoms with E-state index in [1.165, 1.54) is 0 Å².